The van der Waals surface area contributed by atoms with Gasteiger partial charge in [-0.3, -0.25) is 9.78 Å². The van der Waals surface area contributed by atoms with E-state index in [4.69, 9.17) is 4.42 Å². The molecule has 26 heavy (non-hydrogen) atoms. The fraction of sp³-hybridized carbons (Fsp3) is 0.333. The summed E-state index contributed by atoms with van der Waals surface area (Å²) in [5.74, 6) is 2.53. The van der Waals surface area contributed by atoms with Crippen LogP contribution >= 0.6 is 0 Å². The van der Waals surface area contributed by atoms with Gasteiger partial charge >= 0.3 is 0 Å². The minimum atomic E-state index is -0.141. The molecule has 1 aliphatic heterocycles. The number of amides is 1. The summed E-state index contributed by atoms with van der Waals surface area (Å²) in [4.78, 5) is 18.8. The smallest absolute Gasteiger partial charge is 0.287 e. The molecular formula is C21H21N3O2. The molecule has 0 bridgehead atoms. The second-order valence-corrected chi connectivity index (χ2v) is 7.30. The van der Waals surface area contributed by atoms with Gasteiger partial charge in [-0.1, -0.05) is 18.2 Å². The van der Waals surface area contributed by atoms with Gasteiger partial charge in [0.25, 0.3) is 5.91 Å². The lowest BCUT2D eigenvalue weighted by atomic mass is 10.2. The van der Waals surface area contributed by atoms with Gasteiger partial charge in [0.15, 0.2) is 11.3 Å². The summed E-state index contributed by atoms with van der Waals surface area (Å²) in [7, 11) is 0. The SMILES string of the molecule is O=C(NCCC1[C@H]2CN(c3ccccc3)C[C@@H]12)c1cc2ccncc2o1. The highest BCUT2D eigenvalue weighted by Crippen LogP contribution is 2.54. The summed E-state index contributed by atoms with van der Waals surface area (Å²) in [6, 6.07) is 14.2. The third-order valence-electron chi connectivity index (χ3n) is 5.80. The number of nitrogens with zero attached hydrogens (tertiary/aromatic N) is 2. The van der Waals surface area contributed by atoms with Crippen molar-refractivity contribution >= 4 is 22.6 Å². The summed E-state index contributed by atoms with van der Waals surface area (Å²) < 4.78 is 5.56. The first-order valence-electron chi connectivity index (χ1n) is 9.21. The molecule has 5 rings (SSSR count). The third-order valence-corrected chi connectivity index (χ3v) is 5.80. The molecule has 0 spiro atoms. The van der Waals surface area contributed by atoms with Crippen LogP contribution in [0.25, 0.3) is 11.0 Å². The number of furan rings is 1. The molecule has 2 fully saturated rings. The van der Waals surface area contributed by atoms with Crippen LogP contribution in [0.4, 0.5) is 5.69 Å². The lowest BCUT2D eigenvalue weighted by molar-refractivity contribution is 0.0926. The van der Waals surface area contributed by atoms with Gasteiger partial charge in [-0.25, -0.2) is 0 Å². The fourth-order valence-corrected chi connectivity index (χ4v) is 4.36. The van der Waals surface area contributed by atoms with Gasteiger partial charge in [0.1, 0.15) is 0 Å². The first-order valence-corrected chi connectivity index (χ1v) is 9.21. The average Bonchev–Trinajstić information content (AvgIpc) is 3.07. The fourth-order valence-electron chi connectivity index (χ4n) is 4.36. The quantitative estimate of drug-likeness (QED) is 0.769. The van der Waals surface area contributed by atoms with Crippen molar-refractivity contribution in [1.82, 2.24) is 10.3 Å². The zero-order valence-electron chi connectivity index (χ0n) is 14.5. The molecule has 1 saturated heterocycles. The monoisotopic (exact) mass is 347 g/mol. The minimum Gasteiger partial charge on any atom is -0.449 e. The first-order chi connectivity index (χ1) is 12.8. The van der Waals surface area contributed by atoms with Crippen LogP contribution in [-0.4, -0.2) is 30.5 Å². The summed E-state index contributed by atoms with van der Waals surface area (Å²) >= 11 is 0. The number of aromatic nitrogens is 1. The number of para-hydroxylation sites is 1. The molecule has 1 aliphatic carbocycles. The molecule has 5 heteroatoms. The molecule has 3 aromatic rings. The van der Waals surface area contributed by atoms with E-state index in [9.17, 15) is 4.79 Å². The topological polar surface area (TPSA) is 58.4 Å². The number of fused-ring (bicyclic) bond motifs is 2. The molecule has 2 aromatic heterocycles. The van der Waals surface area contributed by atoms with Gasteiger partial charge < -0.3 is 14.6 Å². The zero-order valence-corrected chi connectivity index (χ0v) is 14.5. The predicted octanol–water partition coefficient (Wildman–Crippen LogP) is 3.33. The number of rotatable bonds is 5. The van der Waals surface area contributed by atoms with Gasteiger partial charge in [-0.2, -0.15) is 0 Å². The first kappa shape index (κ1) is 15.4. The Kier molecular flexibility index (Phi) is 3.66. The minimum absolute atomic E-state index is 0.141. The van der Waals surface area contributed by atoms with Crippen molar-refractivity contribution in [2.45, 2.75) is 6.42 Å². The Morgan fingerprint density at radius 1 is 1.19 bits per heavy atom. The molecule has 1 amide bonds. The van der Waals surface area contributed by atoms with Crippen LogP contribution < -0.4 is 10.2 Å². The van der Waals surface area contributed by atoms with E-state index < -0.39 is 0 Å². The molecule has 1 aromatic carbocycles. The largest absolute Gasteiger partial charge is 0.449 e. The highest BCUT2D eigenvalue weighted by molar-refractivity contribution is 5.95. The van der Waals surface area contributed by atoms with Crippen LogP contribution in [0, 0.1) is 17.8 Å². The van der Waals surface area contributed by atoms with Gasteiger partial charge in [0, 0.05) is 36.9 Å². The zero-order chi connectivity index (χ0) is 17.5. The number of anilines is 1. The summed E-state index contributed by atoms with van der Waals surface area (Å²) in [5, 5.41) is 3.90. The number of pyridine rings is 1. The van der Waals surface area contributed by atoms with Crippen molar-refractivity contribution in [2.24, 2.45) is 17.8 Å². The van der Waals surface area contributed by atoms with Crippen molar-refractivity contribution in [3.05, 3.63) is 60.6 Å². The second kappa shape index (κ2) is 6.16. The van der Waals surface area contributed by atoms with E-state index in [0.29, 0.717) is 17.9 Å². The van der Waals surface area contributed by atoms with Crippen LogP contribution in [-0.2, 0) is 0 Å². The number of hydrogen-bond donors (Lipinski definition) is 1. The molecule has 1 N–H and O–H groups in total. The number of hydrogen-bond acceptors (Lipinski definition) is 4. The Morgan fingerprint density at radius 3 is 2.77 bits per heavy atom. The Hall–Kier alpha value is -2.82. The molecule has 132 valence electrons. The lowest BCUT2D eigenvalue weighted by Crippen LogP contribution is -2.27. The van der Waals surface area contributed by atoms with E-state index in [1.54, 1.807) is 18.5 Å². The van der Waals surface area contributed by atoms with Crippen LogP contribution in [0.3, 0.4) is 0 Å². The summed E-state index contributed by atoms with van der Waals surface area (Å²) in [6.45, 7) is 2.99. The molecule has 3 atom stereocenters. The molecule has 1 unspecified atom stereocenters. The number of benzene rings is 1. The maximum Gasteiger partial charge on any atom is 0.287 e. The standard InChI is InChI=1S/C21H21N3O2/c25-21(19-10-14-6-8-22-11-20(14)26-19)23-9-7-16-17-12-24(13-18(16)17)15-4-2-1-3-5-15/h1-6,8,10-11,16-18H,7,9,12-13H2,(H,23,25)/t16?,17-,18+. The maximum atomic E-state index is 12.3. The van der Waals surface area contributed by atoms with Gasteiger partial charge in [-0.05, 0) is 48.4 Å². The number of piperidine rings is 1. The predicted molar refractivity (Wildman–Crippen MR) is 100 cm³/mol. The van der Waals surface area contributed by atoms with Crippen LogP contribution in [0.5, 0.6) is 0 Å². The van der Waals surface area contributed by atoms with E-state index >= 15 is 0 Å². The van der Waals surface area contributed by atoms with Crippen molar-refractivity contribution < 1.29 is 9.21 Å². The highest BCUT2D eigenvalue weighted by atomic mass is 16.3. The number of nitrogens with one attached hydrogen (secondary N) is 1. The Bertz CT molecular complexity index is 892. The van der Waals surface area contributed by atoms with E-state index in [-0.39, 0.29) is 5.91 Å². The van der Waals surface area contributed by atoms with Crippen molar-refractivity contribution in [1.29, 1.82) is 0 Å². The number of carbonyl (C=O) groups is 1. The van der Waals surface area contributed by atoms with Gasteiger partial charge in [0.05, 0.1) is 6.20 Å². The van der Waals surface area contributed by atoms with Crippen LogP contribution in [0.1, 0.15) is 17.0 Å². The van der Waals surface area contributed by atoms with Crippen molar-refractivity contribution in [3.63, 3.8) is 0 Å². The maximum absolute atomic E-state index is 12.3. The Labute approximate surface area is 152 Å². The summed E-state index contributed by atoms with van der Waals surface area (Å²) in [6.07, 6.45) is 4.38. The van der Waals surface area contributed by atoms with Gasteiger partial charge in [-0.15, -0.1) is 0 Å². The molecule has 3 heterocycles. The summed E-state index contributed by atoms with van der Waals surface area (Å²) in [5.41, 5.74) is 1.97. The molecule has 5 nitrogen and oxygen atoms in total. The Balaban J connectivity index is 1.11. The lowest BCUT2D eigenvalue weighted by Gasteiger charge is -2.21. The van der Waals surface area contributed by atoms with Crippen molar-refractivity contribution in [3.8, 4) is 0 Å². The van der Waals surface area contributed by atoms with Crippen LogP contribution in [0.2, 0.25) is 0 Å². The van der Waals surface area contributed by atoms with E-state index in [2.05, 4.69) is 45.5 Å². The molecule has 1 saturated carbocycles. The van der Waals surface area contributed by atoms with E-state index in [1.165, 1.54) is 5.69 Å². The Morgan fingerprint density at radius 2 is 2.00 bits per heavy atom. The number of carbonyl (C=O) groups excluding carboxylic acids is 1. The van der Waals surface area contributed by atoms with E-state index in [1.807, 2.05) is 6.07 Å². The molecule has 0 radical (unpaired) electrons. The third kappa shape index (κ3) is 2.73. The van der Waals surface area contributed by atoms with Crippen LogP contribution in [0.15, 0.2) is 59.3 Å². The molecular weight excluding hydrogens is 326 g/mol. The van der Waals surface area contributed by atoms with Crippen molar-refractivity contribution in [2.75, 3.05) is 24.5 Å². The highest BCUT2D eigenvalue weighted by Gasteiger charge is 2.54. The molecule has 2 aliphatic rings. The van der Waals surface area contributed by atoms with Gasteiger partial charge in [0.2, 0.25) is 0 Å². The normalized spacial score (nSPS) is 23.8. The average molecular weight is 347 g/mol. The second-order valence-electron chi connectivity index (χ2n) is 7.30. The van der Waals surface area contributed by atoms with E-state index in [0.717, 1.165) is 42.7 Å².